The van der Waals surface area contributed by atoms with Gasteiger partial charge < -0.3 is 4.74 Å². The third-order valence-electron chi connectivity index (χ3n) is 2.62. The molecule has 17 heavy (non-hydrogen) atoms. The summed E-state index contributed by atoms with van der Waals surface area (Å²) >= 11 is 0. The highest BCUT2D eigenvalue weighted by atomic mass is 16.5. The molecular weight excluding hydrogens is 212 g/mol. The second kappa shape index (κ2) is 5.30. The summed E-state index contributed by atoms with van der Waals surface area (Å²) < 4.78 is 5.79. The number of hydrogen-bond donors (Lipinski definition) is 0. The predicted molar refractivity (Wildman–Crippen MR) is 67.7 cm³/mol. The van der Waals surface area contributed by atoms with Crippen molar-refractivity contribution in [3.8, 4) is 11.5 Å². The third kappa shape index (κ3) is 2.53. The smallest absolute Gasteiger partial charge is 0.153 e. The summed E-state index contributed by atoms with van der Waals surface area (Å²) in [6.07, 6.45) is 1.71. The lowest BCUT2D eigenvalue weighted by Gasteiger charge is -2.11. The van der Waals surface area contributed by atoms with E-state index in [1.165, 1.54) is 0 Å². The first-order valence-electron chi connectivity index (χ1n) is 5.65. The van der Waals surface area contributed by atoms with Gasteiger partial charge in [0.05, 0.1) is 5.56 Å². The van der Waals surface area contributed by atoms with Gasteiger partial charge in [-0.05, 0) is 30.2 Å². The van der Waals surface area contributed by atoms with Gasteiger partial charge in [0.15, 0.2) is 6.29 Å². The van der Waals surface area contributed by atoms with Crippen LogP contribution in [0.15, 0.2) is 48.5 Å². The number of benzene rings is 2. The second-order valence-electron chi connectivity index (χ2n) is 3.72. The van der Waals surface area contributed by atoms with Crippen molar-refractivity contribution >= 4 is 6.29 Å². The number of carbonyl (C=O) groups excluding carboxylic acids is 1. The summed E-state index contributed by atoms with van der Waals surface area (Å²) in [6, 6.07) is 15.1. The molecule has 2 aromatic rings. The van der Waals surface area contributed by atoms with Gasteiger partial charge in [-0.25, -0.2) is 0 Å². The molecule has 0 radical (unpaired) electrons. The largest absolute Gasteiger partial charge is 0.456 e. The minimum atomic E-state index is 0.568. The Bertz CT molecular complexity index is 518. The molecule has 0 saturated carbocycles. The van der Waals surface area contributed by atoms with E-state index in [0.717, 1.165) is 24.0 Å². The van der Waals surface area contributed by atoms with Crippen molar-refractivity contribution in [2.24, 2.45) is 0 Å². The predicted octanol–water partition coefficient (Wildman–Crippen LogP) is 3.85. The van der Waals surface area contributed by atoms with E-state index in [1.807, 2.05) is 36.4 Å². The van der Waals surface area contributed by atoms with Crippen LogP contribution < -0.4 is 4.74 Å². The molecule has 86 valence electrons. The topological polar surface area (TPSA) is 26.3 Å². The van der Waals surface area contributed by atoms with Crippen LogP contribution in [0.5, 0.6) is 11.5 Å². The standard InChI is InChI=1S/C15H14O2/c1-2-12-7-3-5-9-14(12)17-15-10-6-4-8-13(15)11-16/h3-11H,2H2,1H3. The van der Waals surface area contributed by atoms with Crippen LogP contribution in [-0.2, 0) is 6.42 Å². The zero-order valence-electron chi connectivity index (χ0n) is 9.72. The summed E-state index contributed by atoms with van der Waals surface area (Å²) in [5.74, 6) is 1.41. The van der Waals surface area contributed by atoms with Crippen molar-refractivity contribution < 1.29 is 9.53 Å². The summed E-state index contributed by atoms with van der Waals surface area (Å²) in [7, 11) is 0. The van der Waals surface area contributed by atoms with Gasteiger partial charge in [-0.3, -0.25) is 4.79 Å². The lowest BCUT2D eigenvalue weighted by Crippen LogP contribution is -1.93. The van der Waals surface area contributed by atoms with E-state index >= 15 is 0 Å². The molecule has 0 spiro atoms. The molecule has 0 aromatic heterocycles. The molecule has 0 fully saturated rings. The molecule has 0 bridgehead atoms. The molecule has 2 aromatic carbocycles. The van der Waals surface area contributed by atoms with Crippen LogP contribution in [0.3, 0.4) is 0 Å². The minimum absolute atomic E-state index is 0.568. The van der Waals surface area contributed by atoms with Crippen LogP contribution in [0.4, 0.5) is 0 Å². The van der Waals surface area contributed by atoms with Gasteiger partial charge in [0.2, 0.25) is 0 Å². The molecule has 0 heterocycles. The zero-order chi connectivity index (χ0) is 12.1. The Morgan fingerprint density at radius 2 is 1.65 bits per heavy atom. The van der Waals surface area contributed by atoms with Crippen LogP contribution in [0.1, 0.15) is 22.8 Å². The van der Waals surface area contributed by atoms with Gasteiger partial charge in [-0.2, -0.15) is 0 Å². The van der Waals surface area contributed by atoms with Crippen molar-refractivity contribution in [1.29, 1.82) is 0 Å². The van der Waals surface area contributed by atoms with Gasteiger partial charge in [0.25, 0.3) is 0 Å². The Morgan fingerprint density at radius 3 is 2.35 bits per heavy atom. The van der Waals surface area contributed by atoms with Gasteiger partial charge >= 0.3 is 0 Å². The maximum absolute atomic E-state index is 10.9. The Hall–Kier alpha value is -2.09. The molecule has 2 nitrogen and oxygen atoms in total. The Morgan fingerprint density at radius 1 is 1.00 bits per heavy atom. The van der Waals surface area contributed by atoms with E-state index in [1.54, 1.807) is 12.1 Å². The van der Waals surface area contributed by atoms with Crippen molar-refractivity contribution in [3.63, 3.8) is 0 Å². The molecule has 0 aliphatic rings. The fourth-order valence-electron chi connectivity index (χ4n) is 1.68. The van der Waals surface area contributed by atoms with Crippen LogP contribution >= 0.6 is 0 Å². The van der Waals surface area contributed by atoms with Crippen molar-refractivity contribution in [2.45, 2.75) is 13.3 Å². The fourth-order valence-corrected chi connectivity index (χ4v) is 1.68. The van der Waals surface area contributed by atoms with Crippen LogP contribution in [0.25, 0.3) is 0 Å². The molecule has 0 aliphatic carbocycles. The van der Waals surface area contributed by atoms with Gasteiger partial charge in [0.1, 0.15) is 11.5 Å². The van der Waals surface area contributed by atoms with Crippen LogP contribution in [-0.4, -0.2) is 6.29 Å². The fraction of sp³-hybridized carbons (Fsp3) is 0.133. The van der Waals surface area contributed by atoms with E-state index in [9.17, 15) is 4.79 Å². The van der Waals surface area contributed by atoms with Gasteiger partial charge in [-0.1, -0.05) is 37.3 Å². The number of para-hydroxylation sites is 2. The van der Waals surface area contributed by atoms with E-state index in [2.05, 4.69) is 6.92 Å². The van der Waals surface area contributed by atoms with Gasteiger partial charge in [0, 0.05) is 0 Å². The highest BCUT2D eigenvalue weighted by Crippen LogP contribution is 2.27. The summed E-state index contributed by atoms with van der Waals surface area (Å²) in [5, 5.41) is 0. The highest BCUT2D eigenvalue weighted by molar-refractivity contribution is 5.79. The number of rotatable bonds is 4. The van der Waals surface area contributed by atoms with Crippen LogP contribution in [0, 0.1) is 0 Å². The molecule has 2 rings (SSSR count). The number of ether oxygens (including phenoxy) is 1. The summed E-state index contributed by atoms with van der Waals surface area (Å²) in [6.45, 7) is 2.08. The third-order valence-corrected chi connectivity index (χ3v) is 2.62. The average Bonchev–Trinajstić information content (AvgIpc) is 2.40. The first kappa shape index (κ1) is 11.4. The summed E-state index contributed by atoms with van der Waals surface area (Å²) in [5.41, 5.74) is 1.70. The SMILES string of the molecule is CCc1ccccc1Oc1ccccc1C=O. The number of aldehydes is 1. The van der Waals surface area contributed by atoms with Crippen molar-refractivity contribution in [2.75, 3.05) is 0 Å². The number of hydrogen-bond acceptors (Lipinski definition) is 2. The molecule has 0 saturated heterocycles. The van der Waals surface area contributed by atoms with Crippen LogP contribution in [0.2, 0.25) is 0 Å². The van der Waals surface area contributed by atoms with Crippen molar-refractivity contribution in [3.05, 3.63) is 59.7 Å². The first-order chi connectivity index (χ1) is 8.35. The lowest BCUT2D eigenvalue weighted by molar-refractivity contribution is 0.112. The first-order valence-corrected chi connectivity index (χ1v) is 5.65. The molecule has 0 unspecified atom stereocenters. The average molecular weight is 226 g/mol. The quantitative estimate of drug-likeness (QED) is 0.740. The zero-order valence-corrected chi connectivity index (χ0v) is 9.72. The maximum Gasteiger partial charge on any atom is 0.153 e. The highest BCUT2D eigenvalue weighted by Gasteiger charge is 2.05. The maximum atomic E-state index is 10.9. The Balaban J connectivity index is 2.34. The molecule has 0 atom stereocenters. The Labute approximate surface area is 101 Å². The van der Waals surface area contributed by atoms with E-state index in [-0.39, 0.29) is 0 Å². The lowest BCUT2D eigenvalue weighted by atomic mass is 10.1. The number of carbonyl (C=O) groups is 1. The second-order valence-corrected chi connectivity index (χ2v) is 3.72. The molecule has 0 N–H and O–H groups in total. The monoisotopic (exact) mass is 226 g/mol. The summed E-state index contributed by atoms with van der Waals surface area (Å²) in [4.78, 5) is 10.9. The number of aryl methyl sites for hydroxylation is 1. The molecular formula is C15H14O2. The molecule has 0 aliphatic heterocycles. The Kier molecular flexibility index (Phi) is 3.55. The van der Waals surface area contributed by atoms with Gasteiger partial charge in [-0.15, -0.1) is 0 Å². The van der Waals surface area contributed by atoms with E-state index in [4.69, 9.17) is 4.74 Å². The van der Waals surface area contributed by atoms with E-state index in [0.29, 0.717) is 11.3 Å². The van der Waals surface area contributed by atoms with E-state index < -0.39 is 0 Å². The molecule has 0 amide bonds. The molecule has 2 heteroatoms. The minimum Gasteiger partial charge on any atom is -0.456 e. The van der Waals surface area contributed by atoms with Crippen molar-refractivity contribution in [1.82, 2.24) is 0 Å². The normalized spacial score (nSPS) is 9.94.